The SMILES string of the molecule is C[C@H](CCNc1ncnc2nc[nH]c12)OC[C@H]1O[C@@H](CO)[C@@H](O)[C@@H](O)[C@@H]1O. The van der Waals surface area contributed by atoms with Crippen molar-refractivity contribution in [2.24, 2.45) is 0 Å². The number of imidazole rings is 1. The van der Waals surface area contributed by atoms with E-state index in [9.17, 15) is 20.4 Å². The number of ether oxygens (including phenoxy) is 2. The van der Waals surface area contributed by atoms with Gasteiger partial charge in [0.1, 0.15) is 42.4 Å². The lowest BCUT2D eigenvalue weighted by Gasteiger charge is -2.40. The predicted molar refractivity (Wildman–Crippen MR) is 94.0 cm³/mol. The van der Waals surface area contributed by atoms with Gasteiger partial charge in [0.15, 0.2) is 11.5 Å². The molecule has 3 heterocycles. The molecule has 6 atom stereocenters. The molecule has 11 heteroatoms. The second-order valence-electron chi connectivity index (χ2n) is 6.55. The van der Waals surface area contributed by atoms with Crippen LogP contribution in [0.25, 0.3) is 11.2 Å². The third kappa shape index (κ3) is 4.51. The van der Waals surface area contributed by atoms with Crippen LogP contribution in [0.15, 0.2) is 12.7 Å². The summed E-state index contributed by atoms with van der Waals surface area (Å²) in [7, 11) is 0. The monoisotopic (exact) mass is 383 g/mol. The molecule has 1 saturated heterocycles. The van der Waals surface area contributed by atoms with Gasteiger partial charge >= 0.3 is 0 Å². The Morgan fingerprint density at radius 2 is 1.96 bits per heavy atom. The number of aliphatic hydroxyl groups excluding tert-OH is 4. The Bertz CT molecular complexity index is 728. The van der Waals surface area contributed by atoms with E-state index in [1.807, 2.05) is 6.92 Å². The lowest BCUT2D eigenvalue weighted by molar-refractivity contribution is -0.241. The first kappa shape index (κ1) is 19.9. The van der Waals surface area contributed by atoms with Crippen LogP contribution in [0.5, 0.6) is 0 Å². The van der Waals surface area contributed by atoms with Crippen LogP contribution in [0.2, 0.25) is 0 Å². The van der Waals surface area contributed by atoms with Crippen molar-refractivity contribution in [3.05, 3.63) is 12.7 Å². The van der Waals surface area contributed by atoms with Gasteiger partial charge in [-0.25, -0.2) is 15.0 Å². The molecule has 0 amide bonds. The Morgan fingerprint density at radius 1 is 1.19 bits per heavy atom. The molecule has 1 aliphatic rings. The van der Waals surface area contributed by atoms with Crippen molar-refractivity contribution in [2.45, 2.75) is 50.0 Å². The molecule has 2 aromatic heterocycles. The fourth-order valence-corrected chi connectivity index (χ4v) is 2.95. The number of fused-ring (bicyclic) bond motifs is 1. The van der Waals surface area contributed by atoms with Gasteiger partial charge in [0.05, 0.1) is 25.6 Å². The normalized spacial score (nSPS) is 29.7. The zero-order chi connectivity index (χ0) is 19.4. The Hall–Kier alpha value is -1.89. The van der Waals surface area contributed by atoms with Crippen LogP contribution in [0, 0.1) is 0 Å². The molecule has 0 bridgehead atoms. The van der Waals surface area contributed by atoms with E-state index < -0.39 is 37.1 Å². The number of rotatable bonds is 8. The second kappa shape index (κ2) is 8.87. The van der Waals surface area contributed by atoms with E-state index in [0.717, 1.165) is 5.52 Å². The van der Waals surface area contributed by atoms with Crippen molar-refractivity contribution in [3.63, 3.8) is 0 Å². The van der Waals surface area contributed by atoms with Crippen LogP contribution >= 0.6 is 0 Å². The van der Waals surface area contributed by atoms with Gasteiger partial charge in [-0.3, -0.25) is 0 Å². The van der Waals surface area contributed by atoms with Crippen molar-refractivity contribution in [1.82, 2.24) is 19.9 Å². The minimum atomic E-state index is -1.39. The molecule has 2 aromatic rings. The molecule has 0 saturated carbocycles. The molecule has 1 aliphatic heterocycles. The highest BCUT2D eigenvalue weighted by atomic mass is 16.6. The maximum absolute atomic E-state index is 10.0. The average molecular weight is 383 g/mol. The standard InChI is InChI=1S/C16H25N5O6/c1-8(2-3-17-15-11-16(19-6-18-11)21-7-20-15)26-5-10-13(24)14(25)12(23)9(4-22)27-10/h6-10,12-14,22-25H,2-5H2,1H3,(H2,17,18,19,20,21)/t8-,9+,10-,12-,13-,14-/m1/s1. The lowest BCUT2D eigenvalue weighted by atomic mass is 9.95. The number of aromatic nitrogens is 4. The molecular weight excluding hydrogens is 358 g/mol. The summed E-state index contributed by atoms with van der Waals surface area (Å²) < 4.78 is 11.1. The maximum atomic E-state index is 10.0. The zero-order valence-corrected chi connectivity index (χ0v) is 14.9. The van der Waals surface area contributed by atoms with Crippen molar-refractivity contribution in [1.29, 1.82) is 0 Å². The van der Waals surface area contributed by atoms with Crippen LogP contribution in [0.3, 0.4) is 0 Å². The number of aliphatic hydroxyl groups is 4. The molecular formula is C16H25N5O6. The quantitative estimate of drug-likeness (QED) is 0.313. The number of H-pyrrole nitrogens is 1. The predicted octanol–water partition coefficient (Wildman–Crippen LogP) is -1.60. The minimum absolute atomic E-state index is 0.0287. The summed E-state index contributed by atoms with van der Waals surface area (Å²) in [6.45, 7) is 2.03. The fourth-order valence-electron chi connectivity index (χ4n) is 2.95. The molecule has 3 rings (SSSR count). The van der Waals surface area contributed by atoms with Gasteiger partial charge in [-0.1, -0.05) is 0 Å². The van der Waals surface area contributed by atoms with Crippen LogP contribution in [-0.4, -0.2) is 96.7 Å². The lowest BCUT2D eigenvalue weighted by Crippen LogP contribution is -2.59. The van der Waals surface area contributed by atoms with Crippen LogP contribution in [0.1, 0.15) is 13.3 Å². The minimum Gasteiger partial charge on any atom is -0.394 e. The van der Waals surface area contributed by atoms with E-state index in [4.69, 9.17) is 9.47 Å². The third-order valence-electron chi connectivity index (χ3n) is 4.60. The molecule has 0 aliphatic carbocycles. The maximum Gasteiger partial charge on any atom is 0.182 e. The molecule has 0 spiro atoms. The van der Waals surface area contributed by atoms with E-state index in [0.29, 0.717) is 24.4 Å². The first-order valence-electron chi connectivity index (χ1n) is 8.81. The highest BCUT2D eigenvalue weighted by Gasteiger charge is 2.43. The molecule has 150 valence electrons. The first-order valence-corrected chi connectivity index (χ1v) is 8.81. The summed E-state index contributed by atoms with van der Waals surface area (Å²) >= 11 is 0. The summed E-state index contributed by atoms with van der Waals surface area (Å²) in [5.74, 6) is 0.652. The van der Waals surface area contributed by atoms with E-state index >= 15 is 0 Å². The molecule has 6 N–H and O–H groups in total. The second-order valence-corrected chi connectivity index (χ2v) is 6.55. The van der Waals surface area contributed by atoms with Gasteiger partial charge in [0.25, 0.3) is 0 Å². The number of nitrogens with one attached hydrogen (secondary N) is 2. The van der Waals surface area contributed by atoms with Crippen LogP contribution in [0.4, 0.5) is 5.82 Å². The smallest absolute Gasteiger partial charge is 0.182 e. The van der Waals surface area contributed by atoms with E-state index in [1.165, 1.54) is 6.33 Å². The summed E-state index contributed by atoms with van der Waals surface area (Å²) in [4.78, 5) is 15.3. The fraction of sp³-hybridized carbons (Fsp3) is 0.688. The van der Waals surface area contributed by atoms with Crippen molar-refractivity contribution in [3.8, 4) is 0 Å². The summed E-state index contributed by atoms with van der Waals surface area (Å²) in [5.41, 5.74) is 1.31. The molecule has 1 fully saturated rings. The number of nitrogens with zero attached hydrogens (tertiary/aromatic N) is 3. The van der Waals surface area contributed by atoms with Gasteiger partial charge in [-0.15, -0.1) is 0 Å². The van der Waals surface area contributed by atoms with Gasteiger partial charge in [0.2, 0.25) is 0 Å². The van der Waals surface area contributed by atoms with Crippen LogP contribution in [-0.2, 0) is 9.47 Å². The number of hydrogen-bond acceptors (Lipinski definition) is 10. The third-order valence-corrected chi connectivity index (χ3v) is 4.60. The molecule has 0 radical (unpaired) electrons. The Morgan fingerprint density at radius 3 is 2.74 bits per heavy atom. The van der Waals surface area contributed by atoms with Gasteiger partial charge in [0, 0.05) is 6.54 Å². The zero-order valence-electron chi connectivity index (χ0n) is 14.9. The Kier molecular flexibility index (Phi) is 6.52. The van der Waals surface area contributed by atoms with Crippen molar-refractivity contribution >= 4 is 17.0 Å². The number of hydrogen-bond donors (Lipinski definition) is 6. The van der Waals surface area contributed by atoms with Gasteiger partial charge in [-0.2, -0.15) is 0 Å². The summed E-state index contributed by atoms with van der Waals surface area (Å²) in [6, 6.07) is 0. The van der Waals surface area contributed by atoms with Crippen molar-refractivity contribution in [2.75, 3.05) is 25.1 Å². The number of aromatic amines is 1. The van der Waals surface area contributed by atoms with Crippen molar-refractivity contribution < 1.29 is 29.9 Å². The van der Waals surface area contributed by atoms with E-state index in [1.54, 1.807) is 6.33 Å². The molecule has 11 nitrogen and oxygen atoms in total. The van der Waals surface area contributed by atoms with Gasteiger partial charge in [-0.05, 0) is 13.3 Å². The summed E-state index contributed by atoms with van der Waals surface area (Å²) in [6.07, 6.45) is -2.33. The summed E-state index contributed by atoms with van der Waals surface area (Å²) in [5, 5.41) is 42.0. The van der Waals surface area contributed by atoms with E-state index in [-0.39, 0.29) is 12.7 Å². The van der Waals surface area contributed by atoms with Gasteiger partial charge < -0.3 is 40.2 Å². The Labute approximate surface area is 155 Å². The highest BCUT2D eigenvalue weighted by Crippen LogP contribution is 2.22. The first-order chi connectivity index (χ1) is 13.0. The number of anilines is 1. The topological polar surface area (TPSA) is 166 Å². The van der Waals surface area contributed by atoms with E-state index in [2.05, 4.69) is 25.3 Å². The molecule has 0 aromatic carbocycles. The largest absolute Gasteiger partial charge is 0.394 e. The highest BCUT2D eigenvalue weighted by molar-refractivity contribution is 5.81. The molecule has 0 unspecified atom stereocenters. The van der Waals surface area contributed by atoms with Crippen LogP contribution < -0.4 is 5.32 Å². The Balaban J connectivity index is 1.44. The average Bonchev–Trinajstić information content (AvgIpc) is 3.15. The molecule has 27 heavy (non-hydrogen) atoms.